The summed E-state index contributed by atoms with van der Waals surface area (Å²) in [6.07, 6.45) is 0.555. The Balaban J connectivity index is 0.000000187. The van der Waals surface area contributed by atoms with E-state index in [0.717, 1.165) is 0 Å². The van der Waals surface area contributed by atoms with Crippen molar-refractivity contribution in [1.82, 2.24) is 0 Å². The van der Waals surface area contributed by atoms with E-state index < -0.39 is 25.4 Å². The number of carboxylic acid groups (broad SMARTS) is 1. The number of nitrogens with two attached hydrogens (primary N) is 1. The van der Waals surface area contributed by atoms with Crippen molar-refractivity contribution in [1.29, 1.82) is 0 Å². The third-order valence-corrected chi connectivity index (χ3v) is 11.7. The number of benzene rings is 1. The lowest BCUT2D eigenvalue weighted by Crippen LogP contribution is -2.47. The number of carboxylic acids is 1. The van der Waals surface area contributed by atoms with Gasteiger partial charge in [-0.25, -0.2) is 4.79 Å². The first-order chi connectivity index (χ1) is 13.6. The molecule has 2 fully saturated rings. The Morgan fingerprint density at radius 3 is 2.07 bits per heavy atom. The lowest BCUT2D eigenvalue weighted by atomic mass is 9.84. The van der Waals surface area contributed by atoms with Crippen LogP contribution in [0.15, 0.2) is 22.2 Å². The van der Waals surface area contributed by atoms with E-state index in [1.807, 2.05) is 0 Å². The topological polar surface area (TPSA) is 63.3 Å². The van der Waals surface area contributed by atoms with Crippen molar-refractivity contribution in [3.05, 3.63) is 37.8 Å². The van der Waals surface area contributed by atoms with Crippen LogP contribution in [0.3, 0.4) is 0 Å². The van der Waals surface area contributed by atoms with Gasteiger partial charge in [-0.3, -0.25) is 0 Å². The molecule has 0 saturated heterocycles. The lowest BCUT2D eigenvalue weighted by molar-refractivity contribution is 0.0697. The Bertz CT molecular complexity index is 953. The number of alkyl halides is 6. The Kier molecular flexibility index (Phi) is 7.22. The standard InChI is InChI=1S/C10H6Cl8.C7H5Cl2NO2/c11-3-1-2-4(5(3)12)9(16)7(14)6(13)8(2,15)10(9,17)18;8-3-1-4(7(11)12)6(9)5(10)2-3/h2-5H,1H2;1-2H,10H2,(H,11,12). The van der Waals surface area contributed by atoms with Crippen molar-refractivity contribution in [3.63, 3.8) is 0 Å². The summed E-state index contributed by atoms with van der Waals surface area (Å²) in [5.74, 6) is -1.63. The molecular formula is C17H11Cl10NO2. The van der Waals surface area contributed by atoms with Gasteiger partial charge in [0.2, 0.25) is 0 Å². The van der Waals surface area contributed by atoms with E-state index in [0.29, 0.717) is 6.42 Å². The van der Waals surface area contributed by atoms with Gasteiger partial charge in [0.05, 0.1) is 37.1 Å². The summed E-state index contributed by atoms with van der Waals surface area (Å²) < 4.78 is -1.50. The zero-order chi connectivity index (χ0) is 23.0. The smallest absolute Gasteiger partial charge is 0.337 e. The molecule has 6 unspecified atom stereocenters. The second-order valence-electron chi connectivity index (χ2n) is 7.12. The molecule has 2 saturated carbocycles. The zero-order valence-electron chi connectivity index (χ0n) is 14.4. The molecule has 0 heterocycles. The first-order valence-corrected chi connectivity index (χ1v) is 12.1. The minimum Gasteiger partial charge on any atom is -0.478 e. The average Bonchev–Trinajstić information content (AvgIpc) is 3.06. The molecule has 13 heteroatoms. The number of rotatable bonds is 1. The monoisotopic (exact) mass is 611 g/mol. The quantitative estimate of drug-likeness (QED) is 0.249. The first-order valence-electron chi connectivity index (χ1n) is 8.21. The molecule has 0 amide bonds. The number of carbonyl (C=O) groups is 1. The number of anilines is 1. The minimum absolute atomic E-state index is 0.0203. The summed E-state index contributed by atoms with van der Waals surface area (Å²) in [7, 11) is 0. The SMILES string of the molecule is ClC1=C(Cl)C2(Cl)C3C(Cl)C(Cl)CC3C1(Cl)C2(Cl)Cl.Nc1cc(Cl)cc(C(=O)O)c1Cl. The van der Waals surface area contributed by atoms with E-state index in [-0.39, 0.29) is 48.6 Å². The minimum atomic E-state index is -1.50. The van der Waals surface area contributed by atoms with Crippen molar-refractivity contribution in [2.45, 2.75) is 31.3 Å². The normalized spacial score (nSPS) is 38.3. The molecule has 0 radical (unpaired) electrons. The molecule has 0 aliphatic heterocycles. The van der Waals surface area contributed by atoms with Crippen LogP contribution in [0.4, 0.5) is 5.69 Å². The molecule has 2 bridgehead atoms. The molecule has 6 atom stereocenters. The highest BCUT2D eigenvalue weighted by Crippen LogP contribution is 2.79. The van der Waals surface area contributed by atoms with Crippen LogP contribution < -0.4 is 5.73 Å². The zero-order valence-corrected chi connectivity index (χ0v) is 21.9. The Hall–Kier alpha value is 1.13. The maximum Gasteiger partial charge on any atom is 0.337 e. The van der Waals surface area contributed by atoms with Crippen LogP contribution in [-0.2, 0) is 0 Å². The molecule has 1 aromatic carbocycles. The summed E-state index contributed by atoms with van der Waals surface area (Å²) in [6.45, 7) is 0. The molecule has 0 spiro atoms. The molecule has 3 aliphatic rings. The second kappa shape index (κ2) is 8.41. The highest BCUT2D eigenvalue weighted by atomic mass is 35.5. The maximum atomic E-state index is 10.5. The summed E-state index contributed by atoms with van der Waals surface area (Å²) in [4.78, 5) is 8.02. The number of hydrogen-bond acceptors (Lipinski definition) is 2. The predicted molar refractivity (Wildman–Crippen MR) is 129 cm³/mol. The van der Waals surface area contributed by atoms with E-state index in [1.165, 1.54) is 12.1 Å². The van der Waals surface area contributed by atoms with E-state index >= 15 is 0 Å². The average molecular weight is 616 g/mol. The largest absolute Gasteiger partial charge is 0.478 e. The predicted octanol–water partition coefficient (Wildman–Crippen LogP) is 7.96. The number of fused-ring (bicyclic) bond motifs is 5. The number of halogens is 10. The Morgan fingerprint density at radius 2 is 1.53 bits per heavy atom. The van der Waals surface area contributed by atoms with Crippen molar-refractivity contribution in [2.24, 2.45) is 11.8 Å². The van der Waals surface area contributed by atoms with Gasteiger partial charge in [0.25, 0.3) is 0 Å². The van der Waals surface area contributed by atoms with Crippen molar-refractivity contribution >= 4 is 128 Å². The fourth-order valence-corrected chi connectivity index (χ4v) is 8.64. The number of nitrogen functional groups attached to an aromatic ring is 1. The molecule has 3 aliphatic carbocycles. The van der Waals surface area contributed by atoms with Crippen LogP contribution in [-0.4, -0.2) is 35.9 Å². The van der Waals surface area contributed by atoms with Crippen molar-refractivity contribution in [2.75, 3.05) is 5.73 Å². The third kappa shape index (κ3) is 3.34. The van der Waals surface area contributed by atoms with E-state index in [4.69, 9.17) is 127 Å². The van der Waals surface area contributed by atoms with Crippen LogP contribution in [0, 0.1) is 11.8 Å². The van der Waals surface area contributed by atoms with Gasteiger partial charge in [0, 0.05) is 10.9 Å². The van der Waals surface area contributed by atoms with Gasteiger partial charge in [-0.1, -0.05) is 69.6 Å². The van der Waals surface area contributed by atoms with E-state index in [9.17, 15) is 4.79 Å². The van der Waals surface area contributed by atoms with Gasteiger partial charge in [-0.2, -0.15) is 0 Å². The van der Waals surface area contributed by atoms with Crippen molar-refractivity contribution < 1.29 is 9.90 Å². The van der Waals surface area contributed by atoms with Gasteiger partial charge in [0.1, 0.15) is 9.75 Å². The highest BCUT2D eigenvalue weighted by molar-refractivity contribution is 6.66. The van der Waals surface area contributed by atoms with Gasteiger partial charge >= 0.3 is 5.97 Å². The molecule has 4 rings (SSSR count). The summed E-state index contributed by atoms with van der Waals surface area (Å²) in [6, 6.07) is 2.65. The molecule has 0 aromatic heterocycles. The number of allylic oxidation sites excluding steroid dienone is 2. The van der Waals surface area contributed by atoms with E-state index in [2.05, 4.69) is 0 Å². The Labute approximate surface area is 222 Å². The molecule has 3 nitrogen and oxygen atoms in total. The van der Waals surface area contributed by atoms with Gasteiger partial charge < -0.3 is 10.8 Å². The fourth-order valence-electron chi connectivity index (χ4n) is 4.25. The third-order valence-electron chi connectivity index (χ3n) is 5.61. The van der Waals surface area contributed by atoms with Crippen LogP contribution >= 0.6 is 116 Å². The fraction of sp³-hybridized carbons (Fsp3) is 0.471. The highest BCUT2D eigenvalue weighted by Gasteiger charge is 2.84. The molecule has 1 aromatic rings. The summed E-state index contributed by atoms with van der Waals surface area (Å²) >= 11 is 62.2. The van der Waals surface area contributed by atoms with Gasteiger partial charge in [-0.15, -0.1) is 46.4 Å². The molecule has 166 valence electrons. The number of hydrogen-bond donors (Lipinski definition) is 2. The van der Waals surface area contributed by atoms with Crippen LogP contribution in [0.25, 0.3) is 0 Å². The molecule has 3 N–H and O–H groups in total. The van der Waals surface area contributed by atoms with Gasteiger partial charge in [0.15, 0.2) is 4.33 Å². The summed E-state index contributed by atoms with van der Waals surface area (Å²) in [5.41, 5.74) is 5.47. The Morgan fingerprint density at radius 1 is 1.00 bits per heavy atom. The van der Waals surface area contributed by atoms with Crippen LogP contribution in [0.2, 0.25) is 10.0 Å². The molecule has 30 heavy (non-hydrogen) atoms. The first kappa shape index (κ1) is 25.7. The van der Waals surface area contributed by atoms with Crippen molar-refractivity contribution in [3.8, 4) is 0 Å². The van der Waals surface area contributed by atoms with Gasteiger partial charge in [-0.05, 0) is 24.5 Å². The summed E-state index contributed by atoms with van der Waals surface area (Å²) in [5, 5.41) is 8.64. The molecular weight excluding hydrogens is 605 g/mol. The second-order valence-corrected chi connectivity index (χ2v) is 12.3. The maximum absolute atomic E-state index is 10.5. The number of aromatic carboxylic acids is 1. The lowest BCUT2D eigenvalue weighted by Gasteiger charge is -2.35. The van der Waals surface area contributed by atoms with Crippen LogP contribution in [0.5, 0.6) is 0 Å². The van der Waals surface area contributed by atoms with E-state index in [1.54, 1.807) is 0 Å². The van der Waals surface area contributed by atoms with Crippen LogP contribution in [0.1, 0.15) is 16.8 Å².